The van der Waals surface area contributed by atoms with Gasteiger partial charge in [-0.05, 0) is 78.4 Å². The number of hydrogen-bond donors (Lipinski definition) is 2. The van der Waals surface area contributed by atoms with Crippen LogP contribution in [0.15, 0.2) is 24.3 Å². The van der Waals surface area contributed by atoms with Crippen molar-refractivity contribution in [1.29, 1.82) is 0 Å². The molecule has 0 aliphatic carbocycles. The monoisotopic (exact) mass is 394 g/mol. The molecule has 0 bridgehead atoms. The number of aliphatic hydroxyl groups is 2. The lowest BCUT2D eigenvalue weighted by atomic mass is 10.0. The Labute approximate surface area is 167 Å². The van der Waals surface area contributed by atoms with Crippen LogP contribution in [0.4, 0.5) is 0 Å². The Kier molecular flexibility index (Phi) is 9.62. The maximum Gasteiger partial charge on any atom is 0.339 e. The summed E-state index contributed by atoms with van der Waals surface area (Å²) in [7, 11) is 0. The van der Waals surface area contributed by atoms with Crippen LogP contribution in [0.5, 0.6) is 0 Å². The maximum atomic E-state index is 12.3. The van der Waals surface area contributed by atoms with Gasteiger partial charge in [-0.3, -0.25) is 0 Å². The van der Waals surface area contributed by atoms with Crippen molar-refractivity contribution in [1.82, 2.24) is 0 Å². The van der Waals surface area contributed by atoms with E-state index in [0.29, 0.717) is 25.7 Å². The number of esters is 2. The van der Waals surface area contributed by atoms with E-state index in [1.54, 1.807) is 52.0 Å². The molecule has 0 amide bonds. The van der Waals surface area contributed by atoms with E-state index in [4.69, 9.17) is 9.47 Å². The summed E-state index contributed by atoms with van der Waals surface area (Å²) in [5.41, 5.74) is -1.08. The SMILES string of the molecule is CC(C)(O)CCCCOC(=O)c1ccccc1C(=O)OCCCCC(C)(C)O. The van der Waals surface area contributed by atoms with Crippen LogP contribution in [-0.4, -0.2) is 46.6 Å². The summed E-state index contributed by atoms with van der Waals surface area (Å²) < 4.78 is 10.5. The van der Waals surface area contributed by atoms with Gasteiger partial charge in [0.05, 0.1) is 35.5 Å². The molecule has 1 aromatic carbocycles. The van der Waals surface area contributed by atoms with Crippen LogP contribution in [0.25, 0.3) is 0 Å². The normalized spacial score (nSPS) is 11.9. The van der Waals surface area contributed by atoms with E-state index < -0.39 is 23.1 Å². The van der Waals surface area contributed by atoms with Crippen LogP contribution in [0, 0.1) is 0 Å². The predicted octanol–water partition coefficient (Wildman–Crippen LogP) is 3.88. The molecular formula is C22H34O6. The number of ether oxygens (including phenoxy) is 2. The molecule has 1 aromatic rings. The topological polar surface area (TPSA) is 93.1 Å². The summed E-state index contributed by atoms with van der Waals surface area (Å²) in [5.74, 6) is -1.12. The molecule has 0 fully saturated rings. The van der Waals surface area contributed by atoms with Gasteiger partial charge >= 0.3 is 11.9 Å². The van der Waals surface area contributed by atoms with Crippen molar-refractivity contribution in [3.8, 4) is 0 Å². The van der Waals surface area contributed by atoms with Crippen LogP contribution >= 0.6 is 0 Å². The average molecular weight is 395 g/mol. The van der Waals surface area contributed by atoms with Gasteiger partial charge in [-0.2, -0.15) is 0 Å². The maximum absolute atomic E-state index is 12.3. The molecule has 0 heterocycles. The molecule has 2 N–H and O–H groups in total. The first kappa shape index (κ1) is 24.1. The highest BCUT2D eigenvalue weighted by Gasteiger charge is 2.19. The molecule has 0 saturated heterocycles. The van der Waals surface area contributed by atoms with Crippen LogP contribution in [0.2, 0.25) is 0 Å². The number of carbonyl (C=O) groups excluding carboxylic acids is 2. The summed E-state index contributed by atoms with van der Waals surface area (Å²) in [6, 6.07) is 6.43. The van der Waals surface area contributed by atoms with Crippen molar-refractivity contribution in [3.05, 3.63) is 35.4 Å². The van der Waals surface area contributed by atoms with Crippen molar-refractivity contribution in [2.75, 3.05) is 13.2 Å². The third-order valence-corrected chi connectivity index (χ3v) is 4.20. The summed E-state index contributed by atoms with van der Waals surface area (Å²) in [5, 5.41) is 19.3. The van der Waals surface area contributed by atoms with Gasteiger partial charge in [-0.15, -0.1) is 0 Å². The van der Waals surface area contributed by atoms with E-state index in [1.165, 1.54) is 0 Å². The number of rotatable bonds is 12. The Morgan fingerprint density at radius 1 is 0.750 bits per heavy atom. The average Bonchev–Trinajstić information content (AvgIpc) is 2.58. The van der Waals surface area contributed by atoms with Crippen LogP contribution in [0.3, 0.4) is 0 Å². The minimum absolute atomic E-state index is 0.187. The molecule has 0 atom stereocenters. The van der Waals surface area contributed by atoms with Crippen molar-refractivity contribution >= 4 is 11.9 Å². The van der Waals surface area contributed by atoms with Crippen molar-refractivity contribution in [3.63, 3.8) is 0 Å². The van der Waals surface area contributed by atoms with E-state index in [0.717, 1.165) is 12.8 Å². The molecule has 1 rings (SSSR count). The highest BCUT2D eigenvalue weighted by Crippen LogP contribution is 2.15. The molecule has 0 unspecified atom stereocenters. The van der Waals surface area contributed by atoms with E-state index in [2.05, 4.69) is 0 Å². The molecule has 0 radical (unpaired) electrons. The second kappa shape index (κ2) is 11.2. The summed E-state index contributed by atoms with van der Waals surface area (Å²) in [6.45, 7) is 7.43. The second-order valence-electron chi connectivity index (χ2n) is 8.36. The number of hydrogen-bond acceptors (Lipinski definition) is 6. The zero-order valence-corrected chi connectivity index (χ0v) is 17.5. The summed E-state index contributed by atoms with van der Waals surface area (Å²) in [6.07, 6.45) is 4.02. The fraction of sp³-hybridized carbons (Fsp3) is 0.636. The Hall–Kier alpha value is -1.92. The molecule has 0 aliphatic heterocycles. The first-order valence-corrected chi connectivity index (χ1v) is 9.88. The number of carbonyl (C=O) groups is 2. The summed E-state index contributed by atoms with van der Waals surface area (Å²) in [4.78, 5) is 24.6. The molecule has 158 valence electrons. The van der Waals surface area contributed by atoms with E-state index in [1.807, 2.05) is 0 Å². The molecule has 0 saturated carbocycles. The zero-order chi connectivity index (χ0) is 21.2. The van der Waals surface area contributed by atoms with Gasteiger partial charge in [-0.1, -0.05) is 12.1 Å². The van der Waals surface area contributed by atoms with Crippen molar-refractivity contribution < 1.29 is 29.3 Å². The molecule has 0 aromatic heterocycles. The van der Waals surface area contributed by atoms with Gasteiger partial charge in [0.2, 0.25) is 0 Å². The Morgan fingerprint density at radius 2 is 1.11 bits per heavy atom. The van der Waals surface area contributed by atoms with Gasteiger partial charge in [0.1, 0.15) is 0 Å². The van der Waals surface area contributed by atoms with Crippen molar-refractivity contribution in [2.24, 2.45) is 0 Å². The first-order valence-electron chi connectivity index (χ1n) is 9.88. The lowest BCUT2D eigenvalue weighted by molar-refractivity contribution is 0.0419. The molecule has 0 aliphatic rings. The summed E-state index contributed by atoms with van der Waals surface area (Å²) >= 11 is 0. The Balaban J connectivity index is 2.47. The van der Waals surface area contributed by atoms with Crippen LogP contribution in [0.1, 0.15) is 86.9 Å². The van der Waals surface area contributed by atoms with Crippen LogP contribution < -0.4 is 0 Å². The third kappa shape index (κ3) is 10.4. The van der Waals surface area contributed by atoms with Gasteiger partial charge in [-0.25, -0.2) is 9.59 Å². The fourth-order valence-corrected chi connectivity index (χ4v) is 2.64. The minimum Gasteiger partial charge on any atom is -0.462 e. The van der Waals surface area contributed by atoms with Gasteiger partial charge in [0.15, 0.2) is 0 Å². The smallest absolute Gasteiger partial charge is 0.339 e. The Morgan fingerprint density at radius 3 is 1.43 bits per heavy atom. The standard InChI is InChI=1S/C22H34O6/c1-21(2,25)13-7-9-15-27-19(23)17-11-5-6-12-18(17)20(24)28-16-10-8-14-22(3,4)26/h5-6,11-12,25-26H,7-10,13-16H2,1-4H3. The van der Waals surface area contributed by atoms with E-state index in [-0.39, 0.29) is 24.3 Å². The molecule has 28 heavy (non-hydrogen) atoms. The van der Waals surface area contributed by atoms with Gasteiger partial charge in [0.25, 0.3) is 0 Å². The predicted molar refractivity (Wildman–Crippen MR) is 107 cm³/mol. The third-order valence-electron chi connectivity index (χ3n) is 4.20. The number of unbranched alkanes of at least 4 members (excludes halogenated alkanes) is 2. The van der Waals surface area contributed by atoms with Crippen LogP contribution in [-0.2, 0) is 9.47 Å². The Bertz CT molecular complexity index is 570. The van der Waals surface area contributed by atoms with Gasteiger partial charge < -0.3 is 19.7 Å². The molecule has 6 heteroatoms. The molecule has 6 nitrogen and oxygen atoms in total. The highest BCUT2D eigenvalue weighted by molar-refractivity contribution is 6.03. The molecule has 0 spiro atoms. The second-order valence-corrected chi connectivity index (χ2v) is 8.36. The quantitative estimate of drug-likeness (QED) is 0.413. The number of benzene rings is 1. The fourth-order valence-electron chi connectivity index (χ4n) is 2.64. The zero-order valence-electron chi connectivity index (χ0n) is 17.5. The first-order chi connectivity index (χ1) is 13.0. The minimum atomic E-state index is -0.729. The van der Waals surface area contributed by atoms with E-state index >= 15 is 0 Å². The van der Waals surface area contributed by atoms with Crippen molar-refractivity contribution in [2.45, 2.75) is 77.4 Å². The van der Waals surface area contributed by atoms with E-state index in [9.17, 15) is 19.8 Å². The lowest BCUT2D eigenvalue weighted by Gasteiger charge is -2.16. The molecular weight excluding hydrogens is 360 g/mol. The largest absolute Gasteiger partial charge is 0.462 e. The highest BCUT2D eigenvalue weighted by atomic mass is 16.5. The van der Waals surface area contributed by atoms with Gasteiger partial charge in [0, 0.05) is 0 Å². The lowest BCUT2D eigenvalue weighted by Crippen LogP contribution is -2.19.